The molecule has 0 aliphatic carbocycles. The molecule has 0 bridgehead atoms. The van der Waals surface area contributed by atoms with Crippen molar-refractivity contribution in [3.63, 3.8) is 0 Å². The first-order chi connectivity index (χ1) is 7.61. The zero-order valence-corrected chi connectivity index (χ0v) is 9.57. The van der Waals surface area contributed by atoms with Crippen molar-refractivity contribution >= 4 is 23.0 Å². The van der Waals surface area contributed by atoms with Crippen LogP contribution in [0.1, 0.15) is 15.4 Å². The van der Waals surface area contributed by atoms with Crippen LogP contribution in [0.15, 0.2) is 35.8 Å². The van der Waals surface area contributed by atoms with E-state index in [-0.39, 0.29) is 5.69 Å². The molecular formula is C11H12N2O2S. The molecular weight excluding hydrogens is 224 g/mol. The Morgan fingerprint density at radius 2 is 2.19 bits per heavy atom. The van der Waals surface area contributed by atoms with Crippen molar-refractivity contribution < 1.29 is 9.90 Å². The first-order valence-corrected chi connectivity index (χ1v) is 5.43. The third-order valence-electron chi connectivity index (χ3n) is 1.78. The number of nitrogens with zero attached hydrogens (tertiary/aromatic N) is 1. The van der Waals surface area contributed by atoms with Crippen LogP contribution in [0, 0.1) is 6.92 Å². The summed E-state index contributed by atoms with van der Waals surface area (Å²) in [5, 5.41) is 10.3. The van der Waals surface area contributed by atoms with Crippen LogP contribution in [0.25, 0.3) is 0 Å². The van der Waals surface area contributed by atoms with Gasteiger partial charge in [0, 0.05) is 16.8 Å². The maximum absolute atomic E-state index is 10.1. The van der Waals surface area contributed by atoms with E-state index in [1.807, 2.05) is 18.4 Å². The molecule has 0 saturated heterocycles. The molecule has 16 heavy (non-hydrogen) atoms. The summed E-state index contributed by atoms with van der Waals surface area (Å²) < 4.78 is 0. The Labute approximate surface area is 97.4 Å². The van der Waals surface area contributed by atoms with Crippen molar-refractivity contribution in [1.29, 1.82) is 0 Å². The molecule has 2 aromatic rings. The van der Waals surface area contributed by atoms with Crippen LogP contribution in [0.2, 0.25) is 0 Å². The topological polar surface area (TPSA) is 76.2 Å². The number of pyridine rings is 1. The van der Waals surface area contributed by atoms with Gasteiger partial charge in [-0.15, -0.1) is 11.3 Å². The number of aryl methyl sites for hydroxylation is 1. The van der Waals surface area contributed by atoms with Crippen LogP contribution in [0.3, 0.4) is 0 Å². The Hall–Kier alpha value is -1.88. The summed E-state index contributed by atoms with van der Waals surface area (Å²) in [5.74, 6) is -0.990. The summed E-state index contributed by atoms with van der Waals surface area (Å²) >= 11 is 1.68. The van der Waals surface area contributed by atoms with Gasteiger partial charge in [-0.25, -0.2) is 9.78 Å². The van der Waals surface area contributed by atoms with Gasteiger partial charge >= 0.3 is 5.97 Å². The molecule has 0 amide bonds. The average Bonchev–Trinajstić information content (AvgIpc) is 2.65. The molecule has 2 rings (SSSR count). The van der Waals surface area contributed by atoms with Crippen LogP contribution in [0.5, 0.6) is 0 Å². The summed E-state index contributed by atoms with van der Waals surface area (Å²) in [6.45, 7) is 2.01. The van der Waals surface area contributed by atoms with E-state index >= 15 is 0 Å². The highest BCUT2D eigenvalue weighted by Crippen LogP contribution is 2.15. The summed E-state index contributed by atoms with van der Waals surface area (Å²) in [6, 6.07) is 6.67. The monoisotopic (exact) mass is 236 g/mol. The van der Waals surface area contributed by atoms with Crippen LogP contribution in [-0.4, -0.2) is 16.1 Å². The fourth-order valence-corrected chi connectivity index (χ4v) is 1.51. The van der Waals surface area contributed by atoms with Crippen molar-refractivity contribution in [3.8, 4) is 0 Å². The lowest BCUT2D eigenvalue weighted by molar-refractivity contribution is 0.0690. The lowest BCUT2D eigenvalue weighted by atomic mass is 10.4. The molecule has 3 N–H and O–H groups in total. The van der Waals surface area contributed by atoms with Crippen molar-refractivity contribution in [1.82, 2.24) is 4.98 Å². The minimum atomic E-state index is -0.990. The molecule has 4 nitrogen and oxygen atoms in total. The number of anilines is 1. The van der Waals surface area contributed by atoms with Crippen molar-refractivity contribution in [3.05, 3.63) is 46.4 Å². The number of nitrogens with two attached hydrogens (primary N) is 1. The second-order valence-electron chi connectivity index (χ2n) is 2.95. The van der Waals surface area contributed by atoms with E-state index < -0.39 is 5.97 Å². The maximum atomic E-state index is 10.1. The highest BCUT2D eigenvalue weighted by atomic mass is 32.1. The number of hydrogen-bond acceptors (Lipinski definition) is 4. The molecule has 0 atom stereocenters. The zero-order valence-electron chi connectivity index (χ0n) is 8.75. The smallest absolute Gasteiger partial charge is 0.354 e. The number of aromatic carboxylic acids is 1. The lowest BCUT2D eigenvalue weighted by Crippen LogP contribution is -1.97. The summed E-state index contributed by atoms with van der Waals surface area (Å²) in [5.41, 5.74) is 6.44. The van der Waals surface area contributed by atoms with Gasteiger partial charge in [0.15, 0.2) is 0 Å². The van der Waals surface area contributed by atoms with Gasteiger partial charge in [0.2, 0.25) is 0 Å². The number of carboxylic acid groups (broad SMARTS) is 1. The van der Waals surface area contributed by atoms with Crippen LogP contribution in [-0.2, 0) is 0 Å². The minimum Gasteiger partial charge on any atom is -0.477 e. The lowest BCUT2D eigenvalue weighted by Gasteiger charge is -1.87. The van der Waals surface area contributed by atoms with Gasteiger partial charge in [0.25, 0.3) is 0 Å². The first-order valence-electron chi connectivity index (χ1n) is 4.55. The first kappa shape index (κ1) is 12.2. The SMILES string of the molecule is Cc1sccc1N.O=C(O)c1ccccn1. The van der Waals surface area contributed by atoms with E-state index in [4.69, 9.17) is 10.8 Å². The molecule has 2 aromatic heterocycles. The number of carbonyl (C=O) groups is 1. The number of hydrogen-bond donors (Lipinski definition) is 2. The zero-order chi connectivity index (χ0) is 12.0. The summed E-state index contributed by atoms with van der Waals surface area (Å²) in [4.78, 5) is 14.9. The highest BCUT2D eigenvalue weighted by Gasteiger charge is 1.98. The second-order valence-corrected chi connectivity index (χ2v) is 4.07. The summed E-state index contributed by atoms with van der Waals surface area (Å²) in [6.07, 6.45) is 1.45. The molecule has 84 valence electrons. The van der Waals surface area contributed by atoms with E-state index in [2.05, 4.69) is 4.98 Å². The van der Waals surface area contributed by atoms with Crippen LogP contribution >= 0.6 is 11.3 Å². The van der Waals surface area contributed by atoms with E-state index in [9.17, 15) is 4.79 Å². The highest BCUT2D eigenvalue weighted by molar-refractivity contribution is 7.10. The van der Waals surface area contributed by atoms with Gasteiger partial charge < -0.3 is 10.8 Å². The fourth-order valence-electron chi connectivity index (χ4n) is 0.884. The molecule has 0 spiro atoms. The maximum Gasteiger partial charge on any atom is 0.354 e. The van der Waals surface area contributed by atoms with E-state index in [1.54, 1.807) is 23.5 Å². The molecule has 0 aliphatic rings. The van der Waals surface area contributed by atoms with Crippen LogP contribution in [0.4, 0.5) is 5.69 Å². The molecule has 0 aliphatic heterocycles. The van der Waals surface area contributed by atoms with Gasteiger partial charge in [-0.2, -0.15) is 0 Å². The Bertz CT molecular complexity index is 438. The van der Waals surface area contributed by atoms with Gasteiger partial charge in [-0.1, -0.05) is 6.07 Å². The molecule has 0 unspecified atom stereocenters. The van der Waals surface area contributed by atoms with Gasteiger partial charge in [-0.3, -0.25) is 0 Å². The van der Waals surface area contributed by atoms with Crippen molar-refractivity contribution in [2.24, 2.45) is 0 Å². The largest absolute Gasteiger partial charge is 0.477 e. The van der Waals surface area contributed by atoms with Gasteiger partial charge in [0.05, 0.1) is 0 Å². The Balaban J connectivity index is 0.000000165. The number of thiophene rings is 1. The van der Waals surface area contributed by atoms with E-state index in [0.29, 0.717) is 0 Å². The predicted molar refractivity (Wildman–Crippen MR) is 64.7 cm³/mol. The quantitative estimate of drug-likeness (QED) is 0.797. The van der Waals surface area contributed by atoms with E-state index in [1.165, 1.54) is 17.1 Å². The average molecular weight is 236 g/mol. The molecule has 0 saturated carbocycles. The second kappa shape index (κ2) is 5.87. The molecule has 2 heterocycles. The Morgan fingerprint density at radius 1 is 1.44 bits per heavy atom. The van der Waals surface area contributed by atoms with Crippen molar-refractivity contribution in [2.75, 3.05) is 5.73 Å². The van der Waals surface area contributed by atoms with Crippen molar-refractivity contribution in [2.45, 2.75) is 6.92 Å². The van der Waals surface area contributed by atoms with E-state index in [0.717, 1.165) is 5.69 Å². The molecule has 5 heteroatoms. The number of rotatable bonds is 1. The summed E-state index contributed by atoms with van der Waals surface area (Å²) in [7, 11) is 0. The minimum absolute atomic E-state index is 0.0810. The normalized spacial score (nSPS) is 9.06. The third-order valence-corrected chi connectivity index (χ3v) is 2.64. The fraction of sp³-hybridized carbons (Fsp3) is 0.0909. The third kappa shape index (κ3) is 3.70. The molecule has 0 aromatic carbocycles. The number of nitrogen functional groups attached to an aromatic ring is 1. The molecule has 0 radical (unpaired) electrons. The van der Waals surface area contributed by atoms with Gasteiger partial charge in [-0.05, 0) is 30.5 Å². The van der Waals surface area contributed by atoms with Crippen LogP contribution < -0.4 is 5.73 Å². The number of carboxylic acids is 1. The predicted octanol–water partition coefficient (Wildman–Crippen LogP) is 2.42. The van der Waals surface area contributed by atoms with Gasteiger partial charge in [0.1, 0.15) is 5.69 Å². The number of aromatic nitrogens is 1. The molecule has 0 fully saturated rings. The Kier molecular flexibility index (Phi) is 4.47. The Morgan fingerprint density at radius 3 is 2.44 bits per heavy atom. The standard InChI is InChI=1S/C6H5NO2.C5H7NS/c8-6(9)5-3-1-2-4-7-5;1-4-5(6)2-3-7-4/h1-4H,(H,8,9);2-3H,6H2,1H3.